The Hall–Kier alpha value is -0.0231. The molecule has 7 heteroatoms. The minimum Gasteiger partial charge on any atom is -0.414 e. The molecule has 2 aliphatic carbocycles. The lowest BCUT2D eigenvalue weighted by atomic mass is 9.71. The van der Waals surface area contributed by atoms with E-state index in [1.165, 1.54) is 12.8 Å². The quantitative estimate of drug-likeness (QED) is 0.353. The first-order valence-electron chi connectivity index (χ1n) is 12.2. The molecule has 2 saturated carbocycles. The highest BCUT2D eigenvalue weighted by Gasteiger charge is 2.42. The average molecular weight is 463 g/mol. The van der Waals surface area contributed by atoms with Crippen molar-refractivity contribution in [3.05, 3.63) is 0 Å². The van der Waals surface area contributed by atoms with Gasteiger partial charge in [-0.2, -0.15) is 0 Å². The molecule has 6 nitrogen and oxygen atoms in total. The van der Waals surface area contributed by atoms with Crippen molar-refractivity contribution in [1.82, 2.24) is 0 Å². The Labute approximate surface area is 191 Å². The smallest absolute Gasteiger partial charge is 0.192 e. The van der Waals surface area contributed by atoms with Crippen LogP contribution in [0.3, 0.4) is 0 Å². The summed E-state index contributed by atoms with van der Waals surface area (Å²) in [5, 5.41) is 47.9. The van der Waals surface area contributed by atoms with Gasteiger partial charge in [0.25, 0.3) is 0 Å². The van der Waals surface area contributed by atoms with E-state index >= 15 is 0 Å². The van der Waals surface area contributed by atoms with Crippen LogP contribution in [0.2, 0.25) is 18.1 Å². The Morgan fingerprint density at radius 2 is 1.13 bits per heavy atom. The molecule has 186 valence electrons. The Kier molecular flexibility index (Phi) is 11.6. The third-order valence-corrected chi connectivity index (χ3v) is 12.8. The molecule has 0 spiro atoms. The Morgan fingerprint density at radius 1 is 0.742 bits per heavy atom. The van der Waals surface area contributed by atoms with E-state index in [4.69, 9.17) is 9.53 Å². The molecule has 2 atom stereocenters. The van der Waals surface area contributed by atoms with Crippen molar-refractivity contribution < 1.29 is 30.0 Å². The highest BCUT2D eigenvalue weighted by molar-refractivity contribution is 6.74. The van der Waals surface area contributed by atoms with Gasteiger partial charge in [-0.1, -0.05) is 59.3 Å². The summed E-state index contributed by atoms with van der Waals surface area (Å²) in [6, 6.07) is 0. The van der Waals surface area contributed by atoms with Gasteiger partial charge in [0.15, 0.2) is 8.32 Å². The van der Waals surface area contributed by atoms with Gasteiger partial charge in [0.1, 0.15) is 0 Å². The molecule has 0 amide bonds. The fraction of sp³-hybridized carbons (Fsp3) is 1.00. The Morgan fingerprint density at radius 3 is 1.45 bits per heavy atom. The van der Waals surface area contributed by atoms with Crippen molar-refractivity contribution in [2.75, 3.05) is 26.4 Å². The minimum absolute atomic E-state index is 0.00523. The summed E-state index contributed by atoms with van der Waals surface area (Å²) in [7, 11) is -1.82. The molecule has 2 unspecified atom stereocenters. The maximum Gasteiger partial charge on any atom is 0.192 e. The van der Waals surface area contributed by atoms with Gasteiger partial charge in [-0.15, -0.1) is 0 Å². The van der Waals surface area contributed by atoms with Gasteiger partial charge in [0.2, 0.25) is 0 Å². The summed E-state index contributed by atoms with van der Waals surface area (Å²) >= 11 is 0. The molecule has 0 aromatic rings. The van der Waals surface area contributed by atoms with Crippen LogP contribution in [0.5, 0.6) is 0 Å². The largest absolute Gasteiger partial charge is 0.414 e. The van der Waals surface area contributed by atoms with E-state index in [2.05, 4.69) is 33.9 Å². The van der Waals surface area contributed by atoms with Crippen molar-refractivity contribution in [3.63, 3.8) is 0 Å². The molecule has 2 fully saturated rings. The topological polar surface area (TPSA) is 110 Å². The lowest BCUT2D eigenvalue weighted by Gasteiger charge is -2.42. The average Bonchev–Trinajstić information content (AvgIpc) is 2.77. The first kappa shape index (κ1) is 29.0. The maximum absolute atomic E-state index is 10.5. The first-order valence-corrected chi connectivity index (χ1v) is 15.1. The van der Waals surface area contributed by atoms with Crippen LogP contribution >= 0.6 is 0 Å². The number of aliphatic hydroxyl groups excluding tert-OH is 5. The molecule has 0 aliphatic heterocycles. The van der Waals surface area contributed by atoms with E-state index in [1.807, 2.05) is 0 Å². The van der Waals surface area contributed by atoms with Crippen molar-refractivity contribution >= 4 is 8.32 Å². The van der Waals surface area contributed by atoms with E-state index < -0.39 is 25.9 Å². The summed E-state index contributed by atoms with van der Waals surface area (Å²) in [6.07, 6.45) is 8.96. The molecule has 0 saturated heterocycles. The molecule has 0 aromatic carbocycles. The van der Waals surface area contributed by atoms with E-state index in [0.717, 1.165) is 51.4 Å². The van der Waals surface area contributed by atoms with Crippen LogP contribution in [-0.4, -0.2) is 72.5 Å². The maximum atomic E-state index is 10.5. The second-order valence-corrected chi connectivity index (χ2v) is 16.3. The van der Waals surface area contributed by atoms with Crippen molar-refractivity contribution in [2.45, 2.75) is 115 Å². The predicted molar refractivity (Wildman–Crippen MR) is 127 cm³/mol. The standard InChI is InChI=1S/C15H32O3Si.C9H18O3/c1-14(2,3)19(4,5)18-11-13(17)15(12-16)9-7-6-8-10-15;10-6-8(12)9(7-11)4-2-1-3-5-9/h13,16-17H,6-12H2,1-5H3;8,10-12H,1-7H2. The predicted octanol–water partition coefficient (Wildman–Crippen LogP) is 3.59. The molecule has 2 aliphatic rings. The monoisotopic (exact) mass is 462 g/mol. The van der Waals surface area contributed by atoms with Crippen LogP contribution in [0.25, 0.3) is 0 Å². The molecule has 5 N–H and O–H groups in total. The van der Waals surface area contributed by atoms with Crippen molar-refractivity contribution in [2.24, 2.45) is 10.8 Å². The molecule has 0 aromatic heterocycles. The minimum atomic E-state index is -1.82. The lowest BCUT2D eigenvalue weighted by Crippen LogP contribution is -2.48. The van der Waals surface area contributed by atoms with Gasteiger partial charge in [0, 0.05) is 10.8 Å². The van der Waals surface area contributed by atoms with E-state index in [1.54, 1.807) is 0 Å². The van der Waals surface area contributed by atoms with Crippen molar-refractivity contribution in [3.8, 4) is 0 Å². The van der Waals surface area contributed by atoms with Crippen LogP contribution in [0.4, 0.5) is 0 Å². The number of hydrogen-bond donors (Lipinski definition) is 5. The van der Waals surface area contributed by atoms with Crippen LogP contribution in [0, 0.1) is 10.8 Å². The summed E-state index contributed by atoms with van der Waals surface area (Å²) < 4.78 is 6.11. The zero-order valence-electron chi connectivity index (χ0n) is 20.7. The first-order chi connectivity index (χ1) is 14.4. The van der Waals surface area contributed by atoms with E-state index in [-0.39, 0.29) is 30.3 Å². The molecule has 2 rings (SSSR count). The fourth-order valence-electron chi connectivity index (χ4n) is 4.58. The third-order valence-electron chi connectivity index (χ3n) is 8.32. The summed E-state index contributed by atoms with van der Waals surface area (Å²) in [5.74, 6) is 0. The highest BCUT2D eigenvalue weighted by atomic mass is 28.4. The molecular formula is C24H50O6Si. The second-order valence-electron chi connectivity index (χ2n) is 11.4. The molecular weight excluding hydrogens is 412 g/mol. The van der Waals surface area contributed by atoms with Gasteiger partial charge in [-0.25, -0.2) is 0 Å². The van der Waals surface area contributed by atoms with Crippen molar-refractivity contribution in [1.29, 1.82) is 0 Å². The fourth-order valence-corrected chi connectivity index (χ4v) is 5.59. The van der Waals surface area contributed by atoms with Gasteiger partial charge in [-0.05, 0) is 43.8 Å². The molecule has 0 heterocycles. The zero-order valence-corrected chi connectivity index (χ0v) is 21.7. The van der Waals surface area contributed by atoms with Crippen LogP contribution in [0.15, 0.2) is 0 Å². The van der Waals surface area contributed by atoms with Gasteiger partial charge < -0.3 is 30.0 Å². The van der Waals surface area contributed by atoms with Crippen LogP contribution in [-0.2, 0) is 4.43 Å². The summed E-state index contributed by atoms with van der Waals surface area (Å²) in [5.41, 5.74) is -0.729. The summed E-state index contributed by atoms with van der Waals surface area (Å²) in [6.45, 7) is 11.2. The number of hydrogen-bond acceptors (Lipinski definition) is 6. The highest BCUT2D eigenvalue weighted by Crippen LogP contribution is 2.41. The van der Waals surface area contributed by atoms with Crippen LogP contribution in [0.1, 0.15) is 85.0 Å². The number of rotatable bonds is 8. The molecule has 0 bridgehead atoms. The molecule has 31 heavy (non-hydrogen) atoms. The SMILES string of the molecule is CC(C)(C)[Si](C)(C)OCC(O)C1(CO)CCCCC1.OCC(O)C1(CO)CCCCC1. The third kappa shape index (κ3) is 7.76. The van der Waals surface area contributed by atoms with E-state index in [9.17, 15) is 20.4 Å². The Bertz CT molecular complexity index is 493. The molecule has 0 radical (unpaired) electrons. The van der Waals surface area contributed by atoms with Crippen LogP contribution < -0.4 is 0 Å². The second kappa shape index (κ2) is 12.4. The van der Waals surface area contributed by atoms with Gasteiger partial charge >= 0.3 is 0 Å². The summed E-state index contributed by atoms with van der Waals surface area (Å²) in [4.78, 5) is 0. The van der Waals surface area contributed by atoms with Gasteiger partial charge in [0.05, 0.1) is 38.6 Å². The van der Waals surface area contributed by atoms with Gasteiger partial charge in [-0.3, -0.25) is 0 Å². The lowest BCUT2D eigenvalue weighted by molar-refractivity contribution is -0.0667. The normalized spacial score (nSPS) is 23.4. The Balaban J connectivity index is 0.000000343. The zero-order chi connectivity index (χ0) is 23.8. The number of aliphatic hydroxyl groups is 5. The van der Waals surface area contributed by atoms with E-state index in [0.29, 0.717) is 6.61 Å².